The molecule has 53 heavy (non-hydrogen) atoms. The molecule has 3 heterocycles. The lowest BCUT2D eigenvalue weighted by Crippen LogP contribution is -2.43. The summed E-state index contributed by atoms with van der Waals surface area (Å²) in [4.78, 5) is 39.1. The number of piperidine rings is 1. The molecule has 2 aromatic carbocycles. The highest BCUT2D eigenvalue weighted by molar-refractivity contribution is 6.05. The van der Waals surface area contributed by atoms with Crippen LogP contribution in [0.1, 0.15) is 131 Å². The van der Waals surface area contributed by atoms with Gasteiger partial charge in [0.15, 0.2) is 0 Å². The van der Waals surface area contributed by atoms with E-state index in [1.165, 1.54) is 48.8 Å². The molecule has 2 amide bonds. The average molecular weight is 713 g/mol. The number of hydrogen-bond acceptors (Lipinski definition) is 7. The van der Waals surface area contributed by atoms with Crippen LogP contribution in [-0.2, 0) is 13.1 Å². The first-order valence-corrected chi connectivity index (χ1v) is 19.7. The number of aliphatic hydroxyl groups excluding tert-OH is 1. The molecule has 4 aromatic rings. The quantitative estimate of drug-likeness (QED) is 0.118. The van der Waals surface area contributed by atoms with Crippen LogP contribution in [0.2, 0.25) is 0 Å². The fraction of sp³-hybridized carbons (Fsp3) is 0.455. The Kier molecular flexibility index (Phi) is 10.2. The lowest BCUT2D eigenvalue weighted by Gasteiger charge is -2.33. The van der Waals surface area contributed by atoms with Gasteiger partial charge in [0.25, 0.3) is 11.8 Å². The first-order chi connectivity index (χ1) is 25.7. The molecule has 1 saturated heterocycles. The summed E-state index contributed by atoms with van der Waals surface area (Å²) in [6.07, 6.45) is 13.5. The molecule has 8 rings (SSSR count). The van der Waals surface area contributed by atoms with Crippen LogP contribution >= 0.6 is 0 Å². The summed E-state index contributed by atoms with van der Waals surface area (Å²) in [7, 11) is 0. The van der Waals surface area contributed by atoms with Crippen molar-refractivity contribution in [2.45, 2.75) is 122 Å². The van der Waals surface area contributed by atoms with Gasteiger partial charge < -0.3 is 21.1 Å². The highest BCUT2D eigenvalue weighted by atomic mass is 16.3. The number of benzene rings is 2. The number of hydrogen-bond donors (Lipinski definition) is 4. The van der Waals surface area contributed by atoms with Crippen molar-refractivity contribution in [1.82, 2.24) is 20.2 Å². The highest BCUT2D eigenvalue weighted by Gasteiger charge is 2.31. The van der Waals surface area contributed by atoms with E-state index in [1.807, 2.05) is 62.6 Å². The van der Waals surface area contributed by atoms with Crippen molar-refractivity contribution in [1.29, 1.82) is 0 Å². The monoisotopic (exact) mass is 712 g/mol. The first kappa shape index (κ1) is 35.6. The Hall–Kier alpha value is -4.44. The van der Waals surface area contributed by atoms with Crippen LogP contribution in [0.25, 0.3) is 11.1 Å². The number of amides is 2. The largest absolute Gasteiger partial charge is 0.393 e. The molecule has 4 aliphatic rings. The fourth-order valence-corrected chi connectivity index (χ4v) is 8.19. The number of carbonyl (C=O) groups excluding carboxylic acids is 2. The molecular weight excluding hydrogens is 661 g/mol. The van der Waals surface area contributed by atoms with Crippen LogP contribution < -0.4 is 16.0 Å². The van der Waals surface area contributed by atoms with Gasteiger partial charge in [-0.15, -0.1) is 0 Å². The molecule has 9 nitrogen and oxygen atoms in total. The van der Waals surface area contributed by atoms with Crippen LogP contribution in [-0.4, -0.2) is 56.5 Å². The molecule has 4 N–H and O–H groups in total. The second-order valence-electron chi connectivity index (χ2n) is 16.0. The molecule has 9 heteroatoms. The number of rotatable bonds is 12. The van der Waals surface area contributed by atoms with E-state index >= 15 is 0 Å². The normalized spacial score (nSPS) is 21.5. The Labute approximate surface area is 313 Å². The van der Waals surface area contributed by atoms with E-state index in [-0.39, 0.29) is 17.9 Å². The number of anilines is 2. The molecule has 4 fully saturated rings. The van der Waals surface area contributed by atoms with Gasteiger partial charge >= 0.3 is 0 Å². The van der Waals surface area contributed by atoms with Crippen molar-refractivity contribution in [3.8, 4) is 11.1 Å². The summed E-state index contributed by atoms with van der Waals surface area (Å²) in [6.45, 7) is 9.07. The second-order valence-corrected chi connectivity index (χ2v) is 16.0. The molecule has 1 atom stereocenters. The number of nitrogens with one attached hydrogen (secondary N) is 3. The molecule has 3 saturated carbocycles. The van der Waals surface area contributed by atoms with Gasteiger partial charge in [0.2, 0.25) is 0 Å². The molecule has 2 aromatic heterocycles. The molecule has 0 unspecified atom stereocenters. The van der Waals surface area contributed by atoms with Crippen LogP contribution in [0.5, 0.6) is 0 Å². The van der Waals surface area contributed by atoms with Gasteiger partial charge in [0.1, 0.15) is 11.4 Å². The third kappa shape index (κ3) is 7.93. The summed E-state index contributed by atoms with van der Waals surface area (Å²) in [5, 5.41) is 19.5. The van der Waals surface area contributed by atoms with Crippen molar-refractivity contribution >= 4 is 23.2 Å². The van der Waals surface area contributed by atoms with Crippen LogP contribution in [0.4, 0.5) is 11.4 Å². The zero-order chi connectivity index (χ0) is 36.6. The number of pyridine rings is 2. The molecule has 0 spiro atoms. The lowest BCUT2D eigenvalue weighted by atomic mass is 9.89. The smallest absolute Gasteiger partial charge is 0.274 e. The first-order valence-electron chi connectivity index (χ1n) is 19.7. The average Bonchev–Trinajstić information content (AvgIpc) is 4.08. The number of likely N-dealkylation sites (tertiary alicyclic amines) is 1. The molecule has 0 bridgehead atoms. The third-order valence-corrected chi connectivity index (χ3v) is 12.0. The van der Waals surface area contributed by atoms with Gasteiger partial charge in [-0.2, -0.15) is 0 Å². The number of nitrogens with zero attached hydrogens (tertiary/aromatic N) is 3. The van der Waals surface area contributed by atoms with E-state index in [0.29, 0.717) is 41.9 Å². The Morgan fingerprint density at radius 2 is 1.32 bits per heavy atom. The molecule has 3 aliphatic carbocycles. The van der Waals surface area contributed by atoms with E-state index < -0.39 is 0 Å². The summed E-state index contributed by atoms with van der Waals surface area (Å²) in [6, 6.07) is 16.8. The summed E-state index contributed by atoms with van der Waals surface area (Å²) < 4.78 is 0. The van der Waals surface area contributed by atoms with Crippen LogP contribution in [0, 0.1) is 13.8 Å². The van der Waals surface area contributed by atoms with E-state index in [9.17, 15) is 14.7 Å². The van der Waals surface area contributed by atoms with Crippen molar-refractivity contribution in [2.75, 3.05) is 17.2 Å². The van der Waals surface area contributed by atoms with Crippen LogP contribution in [0.3, 0.4) is 0 Å². The minimum absolute atomic E-state index is 0.195. The lowest BCUT2D eigenvalue weighted by molar-refractivity contribution is 0.0619. The van der Waals surface area contributed by atoms with Crippen molar-refractivity contribution in [3.05, 3.63) is 106 Å². The molecule has 1 aliphatic heterocycles. The van der Waals surface area contributed by atoms with Gasteiger partial charge in [0, 0.05) is 48.9 Å². The van der Waals surface area contributed by atoms with Gasteiger partial charge in [0.05, 0.1) is 6.10 Å². The third-order valence-electron chi connectivity index (χ3n) is 12.0. The minimum Gasteiger partial charge on any atom is -0.393 e. The molecular formula is C44H52N6O3. The standard InChI is InChI=1S/C44H52N6O3/c1-26-8-4-5-17-50(26)25-32-24-47-42(21-38(32)30-15-16-30)44(53)49-40-12-7-10-36(28(40)3)35-9-6-11-39(27(35)2)48-43(52)41-20-37(29-13-14-29)31(23-46-41)22-45-33-18-34(51)19-33/h6-7,9-12,20-21,23-24,26,29-30,33-34,45,51H,4-5,8,13-19,22,25H2,1-3H3,(H,48,52)(H,49,53)/t26-,33?,34?/m1/s1. The maximum atomic E-state index is 13.7. The van der Waals surface area contributed by atoms with Gasteiger partial charge in [-0.25, -0.2) is 0 Å². The Bertz CT molecular complexity index is 2010. The molecule has 0 radical (unpaired) electrons. The van der Waals surface area contributed by atoms with Crippen molar-refractivity contribution in [2.24, 2.45) is 0 Å². The SMILES string of the molecule is Cc1c(NC(=O)c2cc(C3CC3)c(CNC3CC(O)C3)cn2)cccc1-c1cccc(NC(=O)c2cc(C3CC3)c(CN3CCCC[C@H]3C)cn2)c1C. The summed E-state index contributed by atoms with van der Waals surface area (Å²) in [5.41, 5.74) is 11.0. The van der Waals surface area contributed by atoms with E-state index in [4.69, 9.17) is 0 Å². The van der Waals surface area contributed by atoms with E-state index in [0.717, 1.165) is 78.0 Å². The second kappa shape index (κ2) is 15.1. The van der Waals surface area contributed by atoms with Gasteiger partial charge in [-0.3, -0.25) is 24.5 Å². The Morgan fingerprint density at radius 1 is 0.774 bits per heavy atom. The summed E-state index contributed by atoms with van der Waals surface area (Å²) in [5.74, 6) is 0.551. The zero-order valence-electron chi connectivity index (χ0n) is 31.3. The number of aromatic nitrogens is 2. The predicted molar refractivity (Wildman–Crippen MR) is 209 cm³/mol. The fourth-order valence-electron chi connectivity index (χ4n) is 8.19. The number of aliphatic hydroxyl groups is 1. The molecule has 276 valence electrons. The Balaban J connectivity index is 0.969. The zero-order valence-corrected chi connectivity index (χ0v) is 31.3. The van der Waals surface area contributed by atoms with E-state index in [1.54, 1.807) is 0 Å². The van der Waals surface area contributed by atoms with Crippen LogP contribution in [0.15, 0.2) is 60.9 Å². The maximum Gasteiger partial charge on any atom is 0.274 e. The highest BCUT2D eigenvalue weighted by Crippen LogP contribution is 2.43. The van der Waals surface area contributed by atoms with Gasteiger partial charge in [-0.1, -0.05) is 30.7 Å². The predicted octanol–water partition coefficient (Wildman–Crippen LogP) is 8.01. The van der Waals surface area contributed by atoms with E-state index in [2.05, 4.69) is 49.9 Å². The maximum absolute atomic E-state index is 13.7. The van der Waals surface area contributed by atoms with Crippen molar-refractivity contribution in [3.63, 3.8) is 0 Å². The minimum atomic E-state index is -0.235. The topological polar surface area (TPSA) is 119 Å². The number of carbonyl (C=O) groups is 2. The Morgan fingerprint density at radius 3 is 1.85 bits per heavy atom. The van der Waals surface area contributed by atoms with Crippen molar-refractivity contribution < 1.29 is 14.7 Å². The van der Waals surface area contributed by atoms with Gasteiger partial charge in [-0.05, 0) is 159 Å². The summed E-state index contributed by atoms with van der Waals surface area (Å²) >= 11 is 0.